The van der Waals surface area contributed by atoms with Crippen LogP contribution in [0, 0.1) is 13.8 Å². The number of carbonyl (C=O) groups excluding carboxylic acids is 1. The van der Waals surface area contributed by atoms with E-state index in [4.69, 9.17) is 16.3 Å². The van der Waals surface area contributed by atoms with Crippen LogP contribution >= 0.6 is 11.6 Å². The van der Waals surface area contributed by atoms with Gasteiger partial charge in [0, 0.05) is 18.0 Å². The van der Waals surface area contributed by atoms with Gasteiger partial charge >= 0.3 is 5.97 Å². The molecule has 0 fully saturated rings. The highest BCUT2D eigenvalue weighted by Gasteiger charge is 2.17. The minimum Gasteiger partial charge on any atom is -0.495 e. The first-order valence-corrected chi connectivity index (χ1v) is 6.80. The number of aromatic nitrogens is 2. The Kier molecular flexibility index (Phi) is 4.51. The second kappa shape index (κ2) is 6.19. The number of esters is 1. The third-order valence-electron chi connectivity index (χ3n) is 3.23. The van der Waals surface area contributed by atoms with E-state index >= 15 is 0 Å². The molecule has 0 saturated heterocycles. The number of hydrogen-bond acceptors (Lipinski definition) is 5. The van der Waals surface area contributed by atoms with Crippen molar-refractivity contribution in [2.24, 2.45) is 0 Å². The Morgan fingerprint density at radius 3 is 2.55 bits per heavy atom. The number of hydrogen-bond donors (Lipinski definition) is 0. The second-order valence-electron chi connectivity index (χ2n) is 4.66. The SMILES string of the molecule is COC(=O)c1cc(-n2c(C)cc(OC)c(Cl)c2=O)c(C)cn1. The van der Waals surface area contributed by atoms with Gasteiger partial charge in [-0.2, -0.15) is 0 Å². The van der Waals surface area contributed by atoms with Crippen molar-refractivity contribution in [2.75, 3.05) is 14.2 Å². The van der Waals surface area contributed by atoms with Crippen molar-refractivity contribution in [1.82, 2.24) is 9.55 Å². The number of halogens is 1. The zero-order valence-electron chi connectivity index (χ0n) is 12.6. The molecule has 0 spiro atoms. The van der Waals surface area contributed by atoms with Crippen LogP contribution in [0.5, 0.6) is 5.75 Å². The minimum atomic E-state index is -0.577. The highest BCUT2D eigenvalue weighted by Crippen LogP contribution is 2.24. The maximum atomic E-state index is 12.5. The van der Waals surface area contributed by atoms with Gasteiger partial charge in [0.2, 0.25) is 0 Å². The van der Waals surface area contributed by atoms with Crippen LogP contribution in [0.2, 0.25) is 5.02 Å². The molecule has 2 aromatic heterocycles. The normalized spacial score (nSPS) is 10.4. The summed E-state index contributed by atoms with van der Waals surface area (Å²) in [5.74, 6) is -0.271. The Morgan fingerprint density at radius 2 is 1.95 bits per heavy atom. The predicted octanol–water partition coefficient (Wildman–Crippen LogP) is 2.30. The summed E-state index contributed by atoms with van der Waals surface area (Å²) in [6.45, 7) is 3.53. The van der Waals surface area contributed by atoms with E-state index in [1.165, 1.54) is 31.0 Å². The fourth-order valence-electron chi connectivity index (χ4n) is 2.10. The van der Waals surface area contributed by atoms with E-state index in [9.17, 15) is 9.59 Å². The molecular weight excluding hydrogens is 308 g/mol. The molecule has 0 aliphatic rings. The second-order valence-corrected chi connectivity index (χ2v) is 5.03. The number of aryl methyl sites for hydroxylation is 2. The maximum Gasteiger partial charge on any atom is 0.356 e. The summed E-state index contributed by atoms with van der Waals surface area (Å²) in [6, 6.07) is 3.15. The minimum absolute atomic E-state index is 0.0241. The lowest BCUT2D eigenvalue weighted by atomic mass is 10.2. The summed E-state index contributed by atoms with van der Waals surface area (Å²) in [4.78, 5) is 28.1. The molecule has 0 aliphatic carbocycles. The molecule has 22 heavy (non-hydrogen) atoms. The Morgan fingerprint density at radius 1 is 1.27 bits per heavy atom. The smallest absolute Gasteiger partial charge is 0.356 e. The average molecular weight is 323 g/mol. The number of ether oxygens (including phenoxy) is 2. The third kappa shape index (κ3) is 2.69. The van der Waals surface area contributed by atoms with E-state index in [1.807, 2.05) is 0 Å². The lowest BCUT2D eigenvalue weighted by molar-refractivity contribution is 0.0594. The van der Waals surface area contributed by atoms with Crippen molar-refractivity contribution in [3.05, 3.63) is 50.7 Å². The van der Waals surface area contributed by atoms with Gasteiger partial charge in [-0.15, -0.1) is 0 Å². The number of pyridine rings is 2. The molecule has 0 aromatic carbocycles. The van der Waals surface area contributed by atoms with E-state index in [-0.39, 0.29) is 10.7 Å². The number of methoxy groups -OCH3 is 2. The third-order valence-corrected chi connectivity index (χ3v) is 3.58. The molecule has 6 nitrogen and oxygen atoms in total. The fraction of sp³-hybridized carbons (Fsp3) is 0.267. The summed E-state index contributed by atoms with van der Waals surface area (Å²) in [7, 11) is 2.71. The fourth-order valence-corrected chi connectivity index (χ4v) is 2.32. The Hall–Kier alpha value is -2.34. The van der Waals surface area contributed by atoms with Gasteiger partial charge in [-0.05, 0) is 25.5 Å². The van der Waals surface area contributed by atoms with E-state index in [0.717, 1.165) is 5.56 Å². The summed E-state index contributed by atoms with van der Waals surface area (Å²) in [5.41, 5.74) is 1.54. The molecule has 0 bridgehead atoms. The molecule has 7 heteroatoms. The van der Waals surface area contributed by atoms with Crippen LogP contribution in [-0.4, -0.2) is 29.7 Å². The van der Waals surface area contributed by atoms with E-state index in [0.29, 0.717) is 17.1 Å². The molecule has 0 aliphatic heterocycles. The quantitative estimate of drug-likeness (QED) is 0.811. The maximum absolute atomic E-state index is 12.5. The molecule has 0 atom stereocenters. The van der Waals surface area contributed by atoms with Crippen molar-refractivity contribution in [3.63, 3.8) is 0 Å². The van der Waals surface area contributed by atoms with Crippen molar-refractivity contribution < 1.29 is 14.3 Å². The summed E-state index contributed by atoms with van der Waals surface area (Å²) in [5, 5.41) is -0.0241. The van der Waals surface area contributed by atoms with Gasteiger partial charge in [-0.1, -0.05) is 11.6 Å². The standard InChI is InChI=1S/C15H15ClN2O4/c1-8-7-17-10(15(20)22-4)6-11(8)18-9(2)5-12(21-3)13(16)14(18)19/h5-7H,1-4H3. The van der Waals surface area contributed by atoms with Crippen LogP contribution in [0.15, 0.2) is 23.1 Å². The Bertz CT molecular complexity index is 799. The van der Waals surface area contributed by atoms with Gasteiger partial charge in [-0.3, -0.25) is 9.36 Å². The topological polar surface area (TPSA) is 70.4 Å². The molecule has 2 heterocycles. The monoisotopic (exact) mass is 322 g/mol. The number of nitrogens with zero attached hydrogens (tertiary/aromatic N) is 2. The first kappa shape index (κ1) is 16.0. The highest BCUT2D eigenvalue weighted by molar-refractivity contribution is 6.31. The lowest BCUT2D eigenvalue weighted by Crippen LogP contribution is -2.23. The van der Waals surface area contributed by atoms with Gasteiger partial charge in [-0.25, -0.2) is 9.78 Å². The van der Waals surface area contributed by atoms with E-state index in [2.05, 4.69) is 9.72 Å². The van der Waals surface area contributed by atoms with Gasteiger partial charge in [0.05, 0.1) is 19.9 Å². The summed E-state index contributed by atoms with van der Waals surface area (Å²) < 4.78 is 11.1. The zero-order chi connectivity index (χ0) is 16.4. The lowest BCUT2D eigenvalue weighted by Gasteiger charge is -2.15. The zero-order valence-corrected chi connectivity index (χ0v) is 13.4. The number of carbonyl (C=O) groups is 1. The van der Waals surface area contributed by atoms with Crippen LogP contribution in [0.3, 0.4) is 0 Å². The Labute approximate surface area is 132 Å². The molecule has 2 aromatic rings. The number of rotatable bonds is 3. The van der Waals surface area contributed by atoms with Crippen LogP contribution in [0.1, 0.15) is 21.7 Å². The van der Waals surface area contributed by atoms with Gasteiger partial charge in [0.25, 0.3) is 5.56 Å². The summed E-state index contributed by atoms with van der Waals surface area (Å²) >= 11 is 6.04. The van der Waals surface area contributed by atoms with Gasteiger partial charge in [0.1, 0.15) is 16.5 Å². The predicted molar refractivity (Wildman–Crippen MR) is 82.2 cm³/mol. The van der Waals surface area contributed by atoms with Crippen LogP contribution < -0.4 is 10.3 Å². The van der Waals surface area contributed by atoms with Gasteiger partial charge < -0.3 is 9.47 Å². The molecular formula is C15H15ClN2O4. The highest BCUT2D eigenvalue weighted by atomic mass is 35.5. The molecule has 2 rings (SSSR count). The van der Waals surface area contributed by atoms with Crippen LogP contribution in [-0.2, 0) is 4.74 Å². The van der Waals surface area contributed by atoms with Crippen molar-refractivity contribution in [2.45, 2.75) is 13.8 Å². The molecule has 0 radical (unpaired) electrons. The summed E-state index contributed by atoms with van der Waals surface area (Å²) in [6.07, 6.45) is 1.51. The molecule has 116 valence electrons. The van der Waals surface area contributed by atoms with Crippen molar-refractivity contribution >= 4 is 17.6 Å². The van der Waals surface area contributed by atoms with E-state index < -0.39 is 11.5 Å². The van der Waals surface area contributed by atoms with E-state index in [1.54, 1.807) is 19.9 Å². The largest absolute Gasteiger partial charge is 0.495 e. The molecule has 0 saturated carbocycles. The van der Waals surface area contributed by atoms with Crippen LogP contribution in [0.4, 0.5) is 0 Å². The first-order chi connectivity index (χ1) is 10.4. The first-order valence-electron chi connectivity index (χ1n) is 6.42. The van der Waals surface area contributed by atoms with Gasteiger partial charge in [0.15, 0.2) is 0 Å². The van der Waals surface area contributed by atoms with Crippen LogP contribution in [0.25, 0.3) is 5.69 Å². The van der Waals surface area contributed by atoms with Crippen molar-refractivity contribution in [3.8, 4) is 11.4 Å². The Balaban J connectivity index is 2.74. The average Bonchev–Trinajstić information content (AvgIpc) is 2.51. The molecule has 0 N–H and O–H groups in total. The molecule has 0 unspecified atom stereocenters. The van der Waals surface area contributed by atoms with Crippen molar-refractivity contribution in [1.29, 1.82) is 0 Å². The molecule has 0 amide bonds.